The lowest BCUT2D eigenvalue weighted by Crippen LogP contribution is -2.35. The van der Waals surface area contributed by atoms with E-state index < -0.39 is 0 Å². The van der Waals surface area contributed by atoms with E-state index in [1.54, 1.807) is 17.0 Å². The molecule has 1 rings (SSSR count). The zero-order valence-electron chi connectivity index (χ0n) is 10.6. The summed E-state index contributed by atoms with van der Waals surface area (Å²) in [7, 11) is 0. The molecule has 0 spiro atoms. The number of carbonyl (C=O) groups excluding carboxylic acids is 1. The second kappa shape index (κ2) is 8.06. The number of hydrogen-bond donors (Lipinski definition) is 1. The van der Waals surface area contributed by atoms with Gasteiger partial charge in [-0.2, -0.15) is 0 Å². The van der Waals surface area contributed by atoms with Crippen molar-refractivity contribution >= 4 is 17.5 Å². The molecule has 0 unspecified atom stereocenters. The summed E-state index contributed by atoms with van der Waals surface area (Å²) in [6.07, 6.45) is 4.61. The van der Waals surface area contributed by atoms with Crippen molar-refractivity contribution in [1.82, 2.24) is 9.88 Å². The van der Waals surface area contributed by atoms with Crippen LogP contribution in [0.2, 0.25) is 5.02 Å². The number of aliphatic hydroxyl groups excluding tert-OH is 1. The summed E-state index contributed by atoms with van der Waals surface area (Å²) < 4.78 is 0. The Labute approximate surface area is 113 Å². The fourth-order valence-corrected chi connectivity index (χ4v) is 1.83. The molecule has 0 saturated carbocycles. The van der Waals surface area contributed by atoms with Crippen LogP contribution < -0.4 is 0 Å². The zero-order chi connectivity index (χ0) is 13.4. The number of carbonyl (C=O) groups is 1. The second-order valence-electron chi connectivity index (χ2n) is 4.08. The number of aromatic nitrogens is 1. The summed E-state index contributed by atoms with van der Waals surface area (Å²) >= 11 is 5.84. The minimum Gasteiger partial charge on any atom is -0.395 e. The van der Waals surface area contributed by atoms with E-state index in [2.05, 4.69) is 11.9 Å². The Bertz CT molecular complexity index is 385. The number of unbranched alkanes of at least 4 members (excludes halogenated alkanes) is 2. The van der Waals surface area contributed by atoms with Crippen molar-refractivity contribution in [2.75, 3.05) is 19.7 Å². The first-order valence-corrected chi connectivity index (χ1v) is 6.58. The predicted octanol–water partition coefficient (Wildman–Crippen LogP) is 2.36. The summed E-state index contributed by atoms with van der Waals surface area (Å²) in [4.78, 5) is 17.8. The van der Waals surface area contributed by atoms with Gasteiger partial charge < -0.3 is 10.0 Å². The van der Waals surface area contributed by atoms with E-state index in [1.807, 2.05) is 0 Å². The largest absolute Gasteiger partial charge is 0.395 e. The highest BCUT2D eigenvalue weighted by molar-refractivity contribution is 6.30. The maximum absolute atomic E-state index is 12.2. The zero-order valence-corrected chi connectivity index (χ0v) is 11.4. The Hall–Kier alpha value is -1.13. The van der Waals surface area contributed by atoms with Crippen molar-refractivity contribution in [3.05, 3.63) is 29.0 Å². The van der Waals surface area contributed by atoms with E-state index in [4.69, 9.17) is 16.7 Å². The highest BCUT2D eigenvalue weighted by atomic mass is 35.5. The second-order valence-corrected chi connectivity index (χ2v) is 4.52. The number of aliphatic hydroxyl groups is 1. The summed E-state index contributed by atoms with van der Waals surface area (Å²) in [6, 6.07) is 3.18. The minimum absolute atomic E-state index is 0.0432. The Kier molecular flexibility index (Phi) is 6.68. The smallest absolute Gasteiger partial charge is 0.272 e. The van der Waals surface area contributed by atoms with Crippen LogP contribution in [0.5, 0.6) is 0 Å². The van der Waals surface area contributed by atoms with Gasteiger partial charge in [-0.05, 0) is 18.6 Å². The first-order valence-electron chi connectivity index (χ1n) is 6.20. The molecule has 0 fully saturated rings. The molecule has 0 aliphatic heterocycles. The van der Waals surface area contributed by atoms with Crippen molar-refractivity contribution in [1.29, 1.82) is 0 Å². The maximum Gasteiger partial charge on any atom is 0.272 e. The van der Waals surface area contributed by atoms with Crippen molar-refractivity contribution in [2.45, 2.75) is 26.2 Å². The van der Waals surface area contributed by atoms with E-state index >= 15 is 0 Å². The molecule has 4 nitrogen and oxygen atoms in total. The quantitative estimate of drug-likeness (QED) is 0.774. The summed E-state index contributed by atoms with van der Waals surface area (Å²) in [6.45, 7) is 3.04. The van der Waals surface area contributed by atoms with E-state index in [0.29, 0.717) is 23.8 Å². The van der Waals surface area contributed by atoms with Crippen LogP contribution in [0.15, 0.2) is 18.3 Å². The Balaban J connectivity index is 2.69. The molecule has 1 amide bonds. The van der Waals surface area contributed by atoms with Gasteiger partial charge >= 0.3 is 0 Å². The van der Waals surface area contributed by atoms with Gasteiger partial charge in [-0.25, -0.2) is 0 Å². The molecule has 18 heavy (non-hydrogen) atoms. The maximum atomic E-state index is 12.2. The van der Waals surface area contributed by atoms with E-state index in [0.717, 1.165) is 19.3 Å². The number of amides is 1. The average Bonchev–Trinajstić information content (AvgIpc) is 2.37. The van der Waals surface area contributed by atoms with Crippen LogP contribution in [0, 0.1) is 0 Å². The lowest BCUT2D eigenvalue weighted by molar-refractivity contribution is 0.0712. The van der Waals surface area contributed by atoms with Gasteiger partial charge in [-0.1, -0.05) is 31.4 Å². The molecule has 5 heteroatoms. The number of hydrogen-bond acceptors (Lipinski definition) is 3. The summed E-state index contributed by atoms with van der Waals surface area (Å²) in [5.74, 6) is -0.178. The molecule has 0 aliphatic carbocycles. The van der Waals surface area contributed by atoms with Gasteiger partial charge in [0.25, 0.3) is 5.91 Å². The lowest BCUT2D eigenvalue weighted by atomic mass is 10.2. The van der Waals surface area contributed by atoms with Crippen molar-refractivity contribution in [3.63, 3.8) is 0 Å². The van der Waals surface area contributed by atoms with Gasteiger partial charge in [-0.3, -0.25) is 9.78 Å². The first kappa shape index (κ1) is 14.9. The molecule has 100 valence electrons. The highest BCUT2D eigenvalue weighted by Gasteiger charge is 2.16. The highest BCUT2D eigenvalue weighted by Crippen LogP contribution is 2.11. The van der Waals surface area contributed by atoms with Crippen LogP contribution in [0.3, 0.4) is 0 Å². The van der Waals surface area contributed by atoms with E-state index in [1.165, 1.54) is 6.20 Å². The Morgan fingerprint density at radius 3 is 2.83 bits per heavy atom. The van der Waals surface area contributed by atoms with Crippen molar-refractivity contribution in [3.8, 4) is 0 Å². The fourth-order valence-electron chi connectivity index (χ4n) is 1.67. The van der Waals surface area contributed by atoms with Crippen LogP contribution >= 0.6 is 11.6 Å². The number of rotatable bonds is 7. The van der Waals surface area contributed by atoms with Crippen LogP contribution in [0.4, 0.5) is 0 Å². The average molecular weight is 271 g/mol. The lowest BCUT2D eigenvalue weighted by Gasteiger charge is -2.21. The molecule has 0 aliphatic rings. The fraction of sp³-hybridized carbons (Fsp3) is 0.538. The Morgan fingerprint density at radius 1 is 1.44 bits per heavy atom. The van der Waals surface area contributed by atoms with Crippen LogP contribution in [-0.2, 0) is 0 Å². The molecule has 1 aromatic rings. The van der Waals surface area contributed by atoms with E-state index in [9.17, 15) is 4.79 Å². The minimum atomic E-state index is -0.178. The molecule has 0 aromatic carbocycles. The molecule has 0 saturated heterocycles. The topological polar surface area (TPSA) is 53.4 Å². The number of pyridine rings is 1. The third kappa shape index (κ3) is 4.63. The van der Waals surface area contributed by atoms with Crippen molar-refractivity contribution in [2.24, 2.45) is 0 Å². The van der Waals surface area contributed by atoms with Crippen LogP contribution in [-0.4, -0.2) is 40.6 Å². The third-order valence-corrected chi connectivity index (χ3v) is 2.86. The van der Waals surface area contributed by atoms with Gasteiger partial charge in [0.2, 0.25) is 0 Å². The monoisotopic (exact) mass is 270 g/mol. The molecule has 1 heterocycles. The molecular formula is C13H19ClN2O2. The summed E-state index contributed by atoms with van der Waals surface area (Å²) in [5, 5.41) is 9.49. The SMILES string of the molecule is CCCCCN(CCO)C(=O)c1cc(Cl)ccn1. The standard InChI is InChI=1S/C13H19ClN2O2/c1-2-3-4-7-16(8-9-17)13(18)12-10-11(14)5-6-15-12/h5-6,10,17H,2-4,7-9H2,1H3. The first-order chi connectivity index (χ1) is 8.69. The van der Waals surface area contributed by atoms with Crippen LogP contribution in [0.25, 0.3) is 0 Å². The number of halogens is 1. The van der Waals surface area contributed by atoms with Gasteiger partial charge in [0.1, 0.15) is 5.69 Å². The van der Waals surface area contributed by atoms with Gasteiger partial charge in [0.05, 0.1) is 6.61 Å². The normalized spacial score (nSPS) is 10.4. The molecule has 0 bridgehead atoms. The molecule has 0 radical (unpaired) electrons. The predicted molar refractivity (Wildman–Crippen MR) is 71.8 cm³/mol. The molecule has 1 N–H and O–H groups in total. The van der Waals surface area contributed by atoms with Gasteiger partial charge in [-0.15, -0.1) is 0 Å². The summed E-state index contributed by atoms with van der Waals surface area (Å²) in [5.41, 5.74) is 0.326. The van der Waals surface area contributed by atoms with Crippen molar-refractivity contribution < 1.29 is 9.90 Å². The number of nitrogens with zero attached hydrogens (tertiary/aromatic N) is 2. The molecule has 0 atom stereocenters. The Morgan fingerprint density at radius 2 is 2.22 bits per heavy atom. The molecule has 1 aromatic heterocycles. The van der Waals surface area contributed by atoms with Crippen LogP contribution in [0.1, 0.15) is 36.7 Å². The third-order valence-electron chi connectivity index (χ3n) is 2.63. The van der Waals surface area contributed by atoms with Gasteiger partial charge in [0, 0.05) is 24.3 Å². The van der Waals surface area contributed by atoms with Gasteiger partial charge in [0.15, 0.2) is 0 Å². The molecular weight excluding hydrogens is 252 g/mol. The van der Waals surface area contributed by atoms with E-state index in [-0.39, 0.29) is 12.5 Å².